The Bertz CT molecular complexity index is 2320. The lowest BCUT2D eigenvalue weighted by Crippen LogP contribution is -2.10. The van der Waals surface area contributed by atoms with E-state index < -0.39 is 0 Å². The van der Waals surface area contributed by atoms with Crippen molar-refractivity contribution in [2.75, 3.05) is 16.8 Å². The van der Waals surface area contributed by atoms with Gasteiger partial charge in [-0.15, -0.1) is 6.58 Å². The zero-order valence-electron chi connectivity index (χ0n) is 30.9. The fraction of sp³-hybridized carbons (Fsp3) is 0.0385. The first-order valence-corrected chi connectivity index (χ1v) is 18.4. The van der Waals surface area contributed by atoms with Crippen LogP contribution in [0, 0.1) is 0 Å². The van der Waals surface area contributed by atoms with Crippen LogP contribution >= 0.6 is 0 Å². The third-order valence-electron chi connectivity index (χ3n) is 9.48. The minimum Gasteiger partial charge on any atom is -0.345 e. The first-order valence-electron chi connectivity index (χ1n) is 18.4. The van der Waals surface area contributed by atoms with Crippen molar-refractivity contribution in [2.24, 2.45) is 0 Å². The second-order valence-corrected chi connectivity index (χ2v) is 13.1. The fourth-order valence-corrected chi connectivity index (χ4v) is 6.71. The third kappa shape index (κ3) is 8.25. The Morgan fingerprint density at radius 2 is 0.611 bits per heavy atom. The number of allylic oxidation sites excluding steroid dienone is 1. The summed E-state index contributed by atoms with van der Waals surface area (Å²) < 4.78 is 0. The summed E-state index contributed by atoms with van der Waals surface area (Å²) in [6.07, 6.45) is 1.75. The van der Waals surface area contributed by atoms with Gasteiger partial charge >= 0.3 is 0 Å². The summed E-state index contributed by atoms with van der Waals surface area (Å²) in [7, 11) is 2.13. The van der Waals surface area contributed by atoms with Gasteiger partial charge in [0.15, 0.2) is 0 Å². The maximum atomic E-state index is 3.36. The van der Waals surface area contributed by atoms with Crippen LogP contribution in [0.25, 0.3) is 44.5 Å². The maximum Gasteiger partial charge on any atom is 0.0467 e. The number of rotatable bonds is 9. The van der Waals surface area contributed by atoms with E-state index in [9.17, 15) is 0 Å². The van der Waals surface area contributed by atoms with Crippen molar-refractivity contribution in [1.82, 2.24) is 0 Å². The van der Waals surface area contributed by atoms with Crippen LogP contribution in [-0.2, 0) is 0 Å². The minimum atomic E-state index is 1.10. The Kier molecular flexibility index (Phi) is 11.2. The Balaban J connectivity index is 0.00000145. The molecule has 2 heteroatoms. The van der Waals surface area contributed by atoms with E-state index in [-0.39, 0.29) is 0 Å². The molecule has 8 aromatic rings. The van der Waals surface area contributed by atoms with Crippen LogP contribution in [0.4, 0.5) is 28.4 Å². The highest BCUT2D eigenvalue weighted by atomic mass is 15.1. The van der Waals surface area contributed by atoms with Crippen molar-refractivity contribution >= 4 is 28.4 Å². The fourth-order valence-electron chi connectivity index (χ4n) is 6.71. The Hall–Kier alpha value is -6.90. The number of nitrogens with zero attached hydrogens (tertiary/aromatic N) is 2. The third-order valence-corrected chi connectivity index (χ3v) is 9.48. The lowest BCUT2D eigenvalue weighted by Gasteiger charge is -2.27. The molecule has 2 nitrogen and oxygen atoms in total. The van der Waals surface area contributed by atoms with Gasteiger partial charge in [0.2, 0.25) is 0 Å². The number of hydrogen-bond acceptors (Lipinski definition) is 2. The monoisotopic (exact) mass is 696 g/mol. The highest BCUT2D eigenvalue weighted by Crippen LogP contribution is 2.39. The second-order valence-electron chi connectivity index (χ2n) is 13.1. The van der Waals surface area contributed by atoms with Gasteiger partial charge in [0.25, 0.3) is 0 Å². The second kappa shape index (κ2) is 17.1. The van der Waals surface area contributed by atoms with Gasteiger partial charge in [0, 0.05) is 35.5 Å². The molecule has 8 aromatic carbocycles. The molecular formula is C52H44N2. The van der Waals surface area contributed by atoms with Crippen molar-refractivity contribution < 1.29 is 0 Å². The quantitative estimate of drug-likeness (QED) is 0.139. The summed E-state index contributed by atoms with van der Waals surface area (Å²) in [5.74, 6) is 0. The molecular weight excluding hydrogens is 653 g/mol. The minimum absolute atomic E-state index is 1.10. The summed E-state index contributed by atoms with van der Waals surface area (Å²) in [5, 5.41) is 0. The Morgan fingerprint density at radius 1 is 0.315 bits per heavy atom. The topological polar surface area (TPSA) is 6.48 Å². The molecule has 0 aliphatic carbocycles. The molecule has 0 aromatic heterocycles. The van der Waals surface area contributed by atoms with Crippen LogP contribution in [0.3, 0.4) is 0 Å². The van der Waals surface area contributed by atoms with Gasteiger partial charge in [-0.25, -0.2) is 0 Å². The standard InChI is InChI=1S/C49H38N2.C3H6/c1-50(47-23-11-20-42(34-47)37-14-5-2-6-15-37)45-30-26-40(27-31-45)41-28-32-46(33-29-41)51(48-24-12-21-43(35-48)38-16-7-3-8-17-38)49-25-13-22-44(36-49)39-18-9-4-10-19-39;1-3-2/h2-36H,1H3;3H,1H2,2H3. The van der Waals surface area contributed by atoms with Crippen LogP contribution in [-0.4, -0.2) is 7.05 Å². The van der Waals surface area contributed by atoms with Crippen molar-refractivity contribution in [1.29, 1.82) is 0 Å². The van der Waals surface area contributed by atoms with Crippen molar-refractivity contribution in [3.63, 3.8) is 0 Å². The lowest BCUT2D eigenvalue weighted by molar-refractivity contribution is 1.21. The van der Waals surface area contributed by atoms with Crippen LogP contribution in [0.2, 0.25) is 0 Å². The molecule has 0 fully saturated rings. The Morgan fingerprint density at radius 3 is 1.00 bits per heavy atom. The van der Waals surface area contributed by atoms with Crippen LogP contribution in [0.5, 0.6) is 0 Å². The van der Waals surface area contributed by atoms with Gasteiger partial charge in [-0.05, 0) is 112 Å². The average Bonchev–Trinajstić information content (AvgIpc) is 3.25. The van der Waals surface area contributed by atoms with Gasteiger partial charge in [-0.2, -0.15) is 0 Å². The highest BCUT2D eigenvalue weighted by molar-refractivity contribution is 5.83. The number of hydrogen-bond donors (Lipinski definition) is 0. The van der Waals surface area contributed by atoms with Gasteiger partial charge in [0.05, 0.1) is 0 Å². The van der Waals surface area contributed by atoms with E-state index in [0.29, 0.717) is 0 Å². The molecule has 0 aliphatic rings. The van der Waals surface area contributed by atoms with Gasteiger partial charge in [0.1, 0.15) is 0 Å². The largest absolute Gasteiger partial charge is 0.345 e. The van der Waals surface area contributed by atoms with Crippen molar-refractivity contribution in [3.05, 3.63) is 225 Å². The van der Waals surface area contributed by atoms with E-state index in [4.69, 9.17) is 0 Å². The van der Waals surface area contributed by atoms with E-state index in [1.165, 1.54) is 44.5 Å². The predicted octanol–water partition coefficient (Wildman–Crippen LogP) is 14.8. The van der Waals surface area contributed by atoms with Crippen LogP contribution in [0.1, 0.15) is 6.92 Å². The molecule has 0 saturated carbocycles. The predicted molar refractivity (Wildman–Crippen MR) is 233 cm³/mol. The maximum absolute atomic E-state index is 3.36. The molecule has 0 bridgehead atoms. The summed E-state index contributed by atoms with van der Waals surface area (Å²) >= 11 is 0. The summed E-state index contributed by atoms with van der Waals surface area (Å²) in [6, 6.07) is 75.8. The van der Waals surface area contributed by atoms with E-state index in [1.54, 1.807) is 6.08 Å². The molecule has 0 saturated heterocycles. The lowest BCUT2D eigenvalue weighted by atomic mass is 10.0. The molecule has 0 radical (unpaired) electrons. The van der Waals surface area contributed by atoms with Gasteiger partial charge < -0.3 is 9.80 Å². The van der Waals surface area contributed by atoms with E-state index in [2.05, 4.69) is 236 Å². The van der Waals surface area contributed by atoms with Gasteiger partial charge in [-0.1, -0.05) is 158 Å². The number of benzene rings is 8. The van der Waals surface area contributed by atoms with E-state index >= 15 is 0 Å². The Labute approximate surface area is 320 Å². The highest BCUT2D eigenvalue weighted by Gasteiger charge is 2.15. The average molecular weight is 697 g/mol. The van der Waals surface area contributed by atoms with E-state index in [1.807, 2.05) is 6.92 Å². The van der Waals surface area contributed by atoms with Crippen LogP contribution < -0.4 is 9.80 Å². The smallest absolute Gasteiger partial charge is 0.0467 e. The summed E-state index contributed by atoms with van der Waals surface area (Å²) in [4.78, 5) is 4.59. The molecule has 0 unspecified atom stereocenters. The molecule has 54 heavy (non-hydrogen) atoms. The normalized spacial score (nSPS) is 10.5. The van der Waals surface area contributed by atoms with Crippen LogP contribution in [0.15, 0.2) is 225 Å². The molecule has 8 rings (SSSR count). The first-order chi connectivity index (χ1) is 26.6. The van der Waals surface area contributed by atoms with Crippen molar-refractivity contribution in [3.8, 4) is 44.5 Å². The molecule has 262 valence electrons. The molecule has 0 N–H and O–H groups in total. The molecule has 0 heterocycles. The molecule has 0 amide bonds. The zero-order chi connectivity index (χ0) is 37.1. The van der Waals surface area contributed by atoms with Gasteiger partial charge in [-0.3, -0.25) is 0 Å². The summed E-state index contributed by atoms with van der Waals surface area (Å²) in [5.41, 5.74) is 15.2. The molecule has 0 aliphatic heterocycles. The molecule has 0 atom stereocenters. The van der Waals surface area contributed by atoms with Crippen molar-refractivity contribution in [2.45, 2.75) is 6.92 Å². The SMILES string of the molecule is C=CC.CN(c1ccc(-c2ccc(N(c3cccc(-c4ccccc4)c3)c3cccc(-c4ccccc4)c3)cc2)cc1)c1cccc(-c2ccccc2)c1. The zero-order valence-corrected chi connectivity index (χ0v) is 30.9. The number of anilines is 5. The first kappa shape index (κ1) is 35.5. The summed E-state index contributed by atoms with van der Waals surface area (Å²) in [6.45, 7) is 5.25. The van der Waals surface area contributed by atoms with E-state index in [0.717, 1.165) is 28.4 Å². The molecule has 0 spiro atoms.